The van der Waals surface area contributed by atoms with Crippen LogP contribution in [0.2, 0.25) is 0 Å². The highest BCUT2D eigenvalue weighted by Crippen LogP contribution is 2.38. The van der Waals surface area contributed by atoms with Crippen LogP contribution in [0, 0.1) is 5.92 Å². The maximum absolute atomic E-state index is 13.0. The third-order valence-electron chi connectivity index (χ3n) is 8.38. The number of aryl methyl sites for hydroxylation is 1. The van der Waals surface area contributed by atoms with E-state index in [4.69, 9.17) is 19.7 Å². The first-order valence-electron chi connectivity index (χ1n) is 16.5. The first-order chi connectivity index (χ1) is 24.8. The Morgan fingerprint density at radius 1 is 0.942 bits per heavy atom. The van der Waals surface area contributed by atoms with E-state index in [2.05, 4.69) is 25.8 Å². The molecule has 14 nitrogen and oxygen atoms in total. The SMILES string of the molecule is COCc1nn(-c2ccc(C(F)(F)F)cn2)cc1C(Nc1ccc(C(=O)NCCC(=O)O)cc1)C1CCCCC1.COCc1nn(C)cc1C(=O)O. The van der Waals surface area contributed by atoms with Crippen molar-refractivity contribution in [1.29, 1.82) is 0 Å². The number of halogens is 3. The number of benzene rings is 1. The topological polar surface area (TPSA) is 183 Å². The Hall–Kier alpha value is -5.29. The molecule has 17 heteroatoms. The van der Waals surface area contributed by atoms with Crippen LogP contribution >= 0.6 is 0 Å². The molecule has 1 unspecified atom stereocenters. The van der Waals surface area contributed by atoms with Crippen LogP contribution in [0.5, 0.6) is 0 Å². The van der Waals surface area contributed by atoms with Crippen LogP contribution in [-0.4, -0.2) is 73.4 Å². The molecule has 280 valence electrons. The molecule has 4 N–H and O–H groups in total. The molecule has 1 saturated carbocycles. The van der Waals surface area contributed by atoms with Crippen LogP contribution in [0.4, 0.5) is 18.9 Å². The number of aromatic carboxylic acids is 1. The smallest absolute Gasteiger partial charge is 0.417 e. The Balaban J connectivity index is 0.000000427. The Labute approximate surface area is 298 Å². The second-order valence-electron chi connectivity index (χ2n) is 12.2. The van der Waals surface area contributed by atoms with Gasteiger partial charge in [0.1, 0.15) is 11.3 Å². The lowest BCUT2D eigenvalue weighted by Gasteiger charge is -2.32. The van der Waals surface area contributed by atoms with Crippen molar-refractivity contribution in [3.8, 4) is 5.82 Å². The van der Waals surface area contributed by atoms with E-state index in [9.17, 15) is 27.6 Å². The molecule has 52 heavy (non-hydrogen) atoms. The maximum Gasteiger partial charge on any atom is 0.417 e. The molecule has 3 heterocycles. The van der Waals surface area contributed by atoms with E-state index in [1.807, 2.05) is 0 Å². The summed E-state index contributed by atoms with van der Waals surface area (Å²) in [6.45, 7) is 0.476. The first kappa shape index (κ1) is 39.5. The molecule has 0 aliphatic heterocycles. The number of amides is 1. The average Bonchev–Trinajstić information content (AvgIpc) is 3.71. The number of hydrogen-bond acceptors (Lipinski definition) is 9. The number of methoxy groups -OCH3 is 2. The van der Waals surface area contributed by atoms with Crippen molar-refractivity contribution in [1.82, 2.24) is 29.9 Å². The fourth-order valence-electron chi connectivity index (χ4n) is 5.89. The summed E-state index contributed by atoms with van der Waals surface area (Å²) in [6.07, 6.45) is 4.74. The minimum absolute atomic E-state index is 0.0397. The number of ether oxygens (including phenoxy) is 2. The predicted molar refractivity (Wildman–Crippen MR) is 182 cm³/mol. The van der Waals surface area contributed by atoms with Gasteiger partial charge in [0.2, 0.25) is 0 Å². The summed E-state index contributed by atoms with van der Waals surface area (Å²) in [5.41, 5.74) is 2.52. The van der Waals surface area contributed by atoms with E-state index < -0.39 is 23.7 Å². The summed E-state index contributed by atoms with van der Waals surface area (Å²) in [4.78, 5) is 37.6. The number of rotatable bonds is 14. The standard InChI is InChI=1S/C28H32F3N5O4.C7H10N2O3/c1-40-17-23-22(16-36(35-23)24-12-9-20(15-33-24)28(29,30)31)26(18-5-3-2-4-6-18)34-21-10-7-19(8-11-21)27(39)32-14-13-25(37)38;1-9-3-5(7(10)11)6(8-9)4-12-2/h7-12,15-16,18,26,34H,2-6,13-14,17H2,1H3,(H,32,39)(H,37,38);3H,4H2,1-2H3,(H,10,11). The zero-order chi connectivity index (χ0) is 37.8. The molecule has 0 spiro atoms. The Kier molecular flexibility index (Phi) is 13.9. The Morgan fingerprint density at radius 3 is 2.19 bits per heavy atom. The largest absolute Gasteiger partial charge is 0.481 e. The number of aromatic nitrogens is 5. The number of carbonyl (C=O) groups is 3. The fraction of sp³-hybridized carbons (Fsp3) is 0.429. The van der Waals surface area contributed by atoms with Crippen molar-refractivity contribution in [3.63, 3.8) is 0 Å². The zero-order valence-corrected chi connectivity index (χ0v) is 29.0. The lowest BCUT2D eigenvalue weighted by Crippen LogP contribution is -2.26. The molecular formula is C35H42F3N7O7. The summed E-state index contributed by atoms with van der Waals surface area (Å²) in [7, 11) is 4.73. The number of hydrogen-bond donors (Lipinski definition) is 4. The van der Waals surface area contributed by atoms with Crippen LogP contribution < -0.4 is 10.6 Å². The molecule has 3 aromatic heterocycles. The monoisotopic (exact) mass is 729 g/mol. The van der Waals surface area contributed by atoms with Gasteiger partial charge in [-0.2, -0.15) is 23.4 Å². The molecule has 4 aromatic rings. The van der Waals surface area contributed by atoms with Crippen molar-refractivity contribution < 1.29 is 47.2 Å². The van der Waals surface area contributed by atoms with Crippen molar-refractivity contribution in [3.05, 3.63) is 88.6 Å². The number of pyridine rings is 1. The first-order valence-corrected chi connectivity index (χ1v) is 16.5. The van der Waals surface area contributed by atoms with Crippen molar-refractivity contribution in [2.45, 2.75) is 64.0 Å². The molecule has 1 fully saturated rings. The van der Waals surface area contributed by atoms with E-state index in [1.165, 1.54) is 28.7 Å². The van der Waals surface area contributed by atoms with Crippen molar-refractivity contribution in [2.24, 2.45) is 13.0 Å². The van der Waals surface area contributed by atoms with Crippen LogP contribution in [0.25, 0.3) is 5.82 Å². The van der Waals surface area contributed by atoms with E-state index in [0.29, 0.717) is 17.0 Å². The van der Waals surface area contributed by atoms with Gasteiger partial charge >= 0.3 is 18.1 Å². The number of nitrogens with zero attached hydrogens (tertiary/aromatic N) is 5. The van der Waals surface area contributed by atoms with Gasteiger partial charge in [0.25, 0.3) is 5.91 Å². The van der Waals surface area contributed by atoms with Crippen LogP contribution in [0.15, 0.2) is 55.0 Å². The minimum Gasteiger partial charge on any atom is -0.481 e. The van der Waals surface area contributed by atoms with Crippen molar-refractivity contribution >= 4 is 23.5 Å². The number of alkyl halides is 3. The number of carboxylic acid groups (broad SMARTS) is 2. The predicted octanol–water partition coefficient (Wildman–Crippen LogP) is 5.64. The average molecular weight is 730 g/mol. The van der Waals surface area contributed by atoms with Gasteiger partial charge in [0, 0.05) is 63.2 Å². The molecule has 1 aliphatic carbocycles. The molecule has 0 bridgehead atoms. The fourth-order valence-corrected chi connectivity index (χ4v) is 5.89. The van der Waals surface area contributed by atoms with Gasteiger partial charge in [-0.25, -0.2) is 14.5 Å². The zero-order valence-electron chi connectivity index (χ0n) is 29.0. The van der Waals surface area contributed by atoms with Crippen LogP contribution in [0.3, 0.4) is 0 Å². The van der Waals surface area contributed by atoms with Gasteiger partial charge in [0.05, 0.1) is 36.9 Å². The number of nitrogens with one attached hydrogen (secondary N) is 2. The number of aliphatic carboxylic acids is 1. The highest BCUT2D eigenvalue weighted by Gasteiger charge is 2.32. The van der Waals surface area contributed by atoms with Crippen LogP contribution in [-0.2, 0) is 40.7 Å². The molecule has 0 saturated heterocycles. The van der Waals surface area contributed by atoms with Gasteiger partial charge in [0.15, 0.2) is 5.82 Å². The normalized spacial score (nSPS) is 13.9. The summed E-state index contributed by atoms with van der Waals surface area (Å²) in [6, 6.07) is 9.03. The van der Waals surface area contributed by atoms with E-state index in [-0.39, 0.29) is 55.4 Å². The highest BCUT2D eigenvalue weighted by atomic mass is 19.4. The molecule has 1 aromatic carbocycles. The van der Waals surface area contributed by atoms with Gasteiger partial charge in [-0.05, 0) is 55.2 Å². The third kappa shape index (κ3) is 10.9. The number of carboxylic acids is 2. The molecule has 5 rings (SSSR count). The highest BCUT2D eigenvalue weighted by molar-refractivity contribution is 5.94. The van der Waals surface area contributed by atoms with E-state index in [1.54, 1.807) is 44.6 Å². The molecular weight excluding hydrogens is 687 g/mol. The lowest BCUT2D eigenvalue weighted by molar-refractivity contribution is -0.138. The molecule has 1 amide bonds. The Bertz CT molecular complexity index is 1790. The van der Waals surface area contributed by atoms with Crippen LogP contribution in [0.1, 0.15) is 87.8 Å². The summed E-state index contributed by atoms with van der Waals surface area (Å²) >= 11 is 0. The lowest BCUT2D eigenvalue weighted by atomic mass is 9.81. The van der Waals surface area contributed by atoms with E-state index >= 15 is 0 Å². The summed E-state index contributed by atoms with van der Waals surface area (Å²) < 4.78 is 52.2. The molecule has 0 radical (unpaired) electrons. The maximum atomic E-state index is 13.0. The minimum atomic E-state index is -4.48. The van der Waals surface area contributed by atoms with Gasteiger partial charge < -0.3 is 30.3 Å². The number of carbonyl (C=O) groups excluding carboxylic acids is 1. The van der Waals surface area contributed by atoms with Crippen molar-refractivity contribution in [2.75, 3.05) is 26.1 Å². The van der Waals surface area contributed by atoms with Gasteiger partial charge in [-0.15, -0.1) is 0 Å². The summed E-state index contributed by atoms with van der Waals surface area (Å²) in [5, 5.41) is 32.2. The second-order valence-corrected chi connectivity index (χ2v) is 12.2. The molecule has 1 atom stereocenters. The van der Waals surface area contributed by atoms with Gasteiger partial charge in [-0.1, -0.05) is 19.3 Å². The quantitative estimate of drug-likeness (QED) is 0.126. The summed E-state index contributed by atoms with van der Waals surface area (Å²) in [5.74, 6) is -1.78. The van der Waals surface area contributed by atoms with E-state index in [0.717, 1.165) is 55.6 Å². The molecule has 1 aliphatic rings. The second kappa shape index (κ2) is 18.3. The van der Waals surface area contributed by atoms with Gasteiger partial charge in [-0.3, -0.25) is 14.3 Å². The Morgan fingerprint density at radius 2 is 1.62 bits per heavy atom. The third-order valence-corrected chi connectivity index (χ3v) is 8.38. The number of anilines is 1.